The number of halogens is 3. The number of benzene rings is 1. The molecule has 1 aromatic rings. The number of hydrogen-bond donors (Lipinski definition) is 1. The van der Waals surface area contributed by atoms with Crippen molar-refractivity contribution in [3.05, 3.63) is 35.1 Å². The van der Waals surface area contributed by atoms with Crippen LogP contribution in [0.2, 0.25) is 0 Å². The summed E-state index contributed by atoms with van der Waals surface area (Å²) in [5, 5.41) is 0. The molecule has 0 radical (unpaired) electrons. The van der Waals surface area contributed by atoms with Gasteiger partial charge in [0.05, 0.1) is 0 Å². The lowest BCUT2D eigenvalue weighted by molar-refractivity contribution is 0.0881. The number of aryl methyl sites for hydroxylation is 1. The first-order valence-electron chi connectivity index (χ1n) is 4.30. The van der Waals surface area contributed by atoms with Crippen LogP contribution in [-0.4, -0.2) is 5.92 Å². The topological polar surface area (TPSA) is 26.0 Å². The molecule has 1 aliphatic carbocycles. The molecule has 2 rings (SSSR count). The molecule has 1 atom stereocenters. The van der Waals surface area contributed by atoms with E-state index in [0.717, 1.165) is 5.56 Å². The normalized spacial score (nSPS) is 28.9. The van der Waals surface area contributed by atoms with Crippen LogP contribution in [0, 0.1) is 12.7 Å². The second-order valence-electron chi connectivity index (χ2n) is 3.84. The Labute approximate surface area is 79.7 Å². The molecule has 1 saturated carbocycles. The maximum absolute atomic E-state index is 13.2. The zero-order valence-electron chi connectivity index (χ0n) is 7.65. The van der Waals surface area contributed by atoms with E-state index in [0.29, 0.717) is 0 Å². The van der Waals surface area contributed by atoms with Gasteiger partial charge in [-0.2, -0.15) is 0 Å². The molecule has 0 saturated heterocycles. The first-order chi connectivity index (χ1) is 6.37. The maximum atomic E-state index is 13.2. The van der Waals surface area contributed by atoms with Crippen molar-refractivity contribution in [3.63, 3.8) is 0 Å². The van der Waals surface area contributed by atoms with Crippen molar-refractivity contribution in [2.75, 3.05) is 0 Å². The second kappa shape index (κ2) is 2.51. The van der Waals surface area contributed by atoms with E-state index < -0.39 is 23.7 Å². The molecule has 1 fully saturated rings. The van der Waals surface area contributed by atoms with E-state index >= 15 is 0 Å². The average Bonchev–Trinajstić information content (AvgIpc) is 2.58. The van der Waals surface area contributed by atoms with Crippen molar-refractivity contribution >= 4 is 0 Å². The summed E-state index contributed by atoms with van der Waals surface area (Å²) < 4.78 is 39.0. The lowest BCUT2D eigenvalue weighted by Crippen LogP contribution is -2.28. The lowest BCUT2D eigenvalue weighted by atomic mass is 10.0. The van der Waals surface area contributed by atoms with Crippen molar-refractivity contribution in [1.29, 1.82) is 0 Å². The molecular weight excluding hydrogens is 191 g/mol. The summed E-state index contributed by atoms with van der Waals surface area (Å²) in [7, 11) is 0. The second-order valence-corrected chi connectivity index (χ2v) is 3.84. The van der Waals surface area contributed by atoms with Gasteiger partial charge in [0.1, 0.15) is 11.4 Å². The Morgan fingerprint density at radius 3 is 2.43 bits per heavy atom. The van der Waals surface area contributed by atoms with Crippen LogP contribution >= 0.6 is 0 Å². The quantitative estimate of drug-likeness (QED) is 0.741. The Balaban J connectivity index is 2.48. The van der Waals surface area contributed by atoms with Gasteiger partial charge >= 0.3 is 0 Å². The zero-order chi connectivity index (χ0) is 10.6. The predicted octanol–water partition coefficient (Wildman–Crippen LogP) is 2.33. The summed E-state index contributed by atoms with van der Waals surface area (Å²) in [4.78, 5) is 0. The Hall–Kier alpha value is -1.03. The minimum atomic E-state index is -2.97. The molecule has 0 bridgehead atoms. The van der Waals surface area contributed by atoms with Gasteiger partial charge in [-0.3, -0.25) is 0 Å². The SMILES string of the molecule is Cc1ccc(F)c(C2(N)CC2(F)F)c1. The molecule has 76 valence electrons. The van der Waals surface area contributed by atoms with E-state index in [9.17, 15) is 13.2 Å². The molecule has 2 N–H and O–H groups in total. The highest BCUT2D eigenvalue weighted by atomic mass is 19.3. The Kier molecular flexibility index (Phi) is 1.71. The van der Waals surface area contributed by atoms with Crippen LogP contribution in [0.3, 0.4) is 0 Å². The first-order valence-corrected chi connectivity index (χ1v) is 4.30. The van der Waals surface area contributed by atoms with Crippen molar-refractivity contribution in [3.8, 4) is 0 Å². The smallest absolute Gasteiger partial charge is 0.272 e. The summed E-state index contributed by atoms with van der Waals surface area (Å²) in [6, 6.07) is 4.09. The molecule has 0 heterocycles. The van der Waals surface area contributed by atoms with Gasteiger partial charge in [-0.05, 0) is 13.0 Å². The minimum Gasteiger partial charge on any atom is -0.316 e. The van der Waals surface area contributed by atoms with Gasteiger partial charge in [0.2, 0.25) is 0 Å². The molecule has 1 aliphatic rings. The summed E-state index contributed by atoms with van der Waals surface area (Å²) >= 11 is 0. The van der Waals surface area contributed by atoms with E-state index in [4.69, 9.17) is 5.73 Å². The summed E-state index contributed by atoms with van der Waals surface area (Å²) in [6.45, 7) is 1.72. The van der Waals surface area contributed by atoms with Crippen LogP contribution in [0.15, 0.2) is 18.2 Å². The van der Waals surface area contributed by atoms with E-state index in [1.165, 1.54) is 18.2 Å². The molecular formula is C10H10F3N. The van der Waals surface area contributed by atoms with E-state index in [1.54, 1.807) is 6.92 Å². The zero-order valence-corrected chi connectivity index (χ0v) is 7.65. The van der Waals surface area contributed by atoms with Gasteiger partial charge < -0.3 is 5.73 Å². The fraction of sp³-hybridized carbons (Fsp3) is 0.400. The molecule has 0 amide bonds. The molecule has 0 aliphatic heterocycles. The molecule has 1 unspecified atom stereocenters. The third-order valence-electron chi connectivity index (χ3n) is 2.63. The number of alkyl halides is 2. The Morgan fingerprint density at radius 1 is 1.36 bits per heavy atom. The highest BCUT2D eigenvalue weighted by Gasteiger charge is 2.70. The van der Waals surface area contributed by atoms with Gasteiger partial charge in [-0.1, -0.05) is 17.7 Å². The largest absolute Gasteiger partial charge is 0.316 e. The molecule has 14 heavy (non-hydrogen) atoms. The monoisotopic (exact) mass is 201 g/mol. The van der Waals surface area contributed by atoms with Crippen molar-refractivity contribution in [2.45, 2.75) is 24.8 Å². The van der Waals surface area contributed by atoms with Gasteiger partial charge in [-0.25, -0.2) is 13.2 Å². The van der Waals surface area contributed by atoms with Crippen LogP contribution < -0.4 is 5.73 Å². The fourth-order valence-electron chi connectivity index (χ4n) is 1.58. The maximum Gasteiger partial charge on any atom is 0.272 e. The summed E-state index contributed by atoms with van der Waals surface area (Å²) in [5.41, 5.74) is 4.29. The molecule has 4 heteroatoms. The number of hydrogen-bond acceptors (Lipinski definition) is 1. The Morgan fingerprint density at radius 2 is 1.93 bits per heavy atom. The summed E-state index contributed by atoms with van der Waals surface area (Å²) in [5.74, 6) is -3.63. The average molecular weight is 201 g/mol. The van der Waals surface area contributed by atoms with Gasteiger partial charge in [-0.15, -0.1) is 0 Å². The molecule has 0 spiro atoms. The van der Waals surface area contributed by atoms with Crippen molar-refractivity contribution in [2.24, 2.45) is 5.73 Å². The van der Waals surface area contributed by atoms with Crippen LogP contribution in [-0.2, 0) is 5.54 Å². The number of rotatable bonds is 1. The first kappa shape index (κ1) is 9.52. The lowest BCUT2D eigenvalue weighted by Gasteiger charge is -2.12. The van der Waals surface area contributed by atoms with Gasteiger partial charge in [0.15, 0.2) is 0 Å². The molecule has 1 nitrogen and oxygen atoms in total. The molecule has 0 aromatic heterocycles. The highest BCUT2D eigenvalue weighted by Crippen LogP contribution is 2.58. The third kappa shape index (κ3) is 1.14. The Bertz CT molecular complexity index is 389. The molecule has 1 aromatic carbocycles. The van der Waals surface area contributed by atoms with Gasteiger partial charge in [0.25, 0.3) is 5.92 Å². The fourth-order valence-corrected chi connectivity index (χ4v) is 1.58. The standard InChI is InChI=1S/C10H10F3N/c1-6-2-3-8(11)7(4-6)9(14)5-10(9,12)13/h2-4H,5,14H2,1H3. The summed E-state index contributed by atoms with van der Waals surface area (Å²) in [6.07, 6.45) is -0.472. The van der Waals surface area contributed by atoms with Crippen LogP contribution in [0.4, 0.5) is 13.2 Å². The predicted molar refractivity (Wildman–Crippen MR) is 46.6 cm³/mol. The highest BCUT2D eigenvalue weighted by molar-refractivity contribution is 5.39. The third-order valence-corrected chi connectivity index (χ3v) is 2.63. The minimum absolute atomic E-state index is 0.0810. The van der Waals surface area contributed by atoms with Crippen LogP contribution in [0.25, 0.3) is 0 Å². The van der Waals surface area contributed by atoms with Crippen molar-refractivity contribution < 1.29 is 13.2 Å². The van der Waals surface area contributed by atoms with Crippen LogP contribution in [0.1, 0.15) is 17.5 Å². The van der Waals surface area contributed by atoms with Gasteiger partial charge in [0, 0.05) is 12.0 Å². The van der Waals surface area contributed by atoms with E-state index in [1.807, 2.05) is 0 Å². The van der Waals surface area contributed by atoms with Crippen LogP contribution in [0.5, 0.6) is 0 Å². The van der Waals surface area contributed by atoms with Crippen molar-refractivity contribution in [1.82, 2.24) is 0 Å². The van der Waals surface area contributed by atoms with E-state index in [2.05, 4.69) is 0 Å². The van der Waals surface area contributed by atoms with E-state index in [-0.39, 0.29) is 5.56 Å². The number of nitrogens with two attached hydrogens (primary N) is 1.